The molecule has 3 aromatic carbocycles. The third-order valence-electron chi connectivity index (χ3n) is 5.00. The van der Waals surface area contributed by atoms with Crippen LogP contribution in [-0.4, -0.2) is 20.7 Å². The number of aromatic hydroxyl groups is 1. The Kier molecular flexibility index (Phi) is 4.85. The molecule has 0 bridgehead atoms. The Balaban J connectivity index is 1.87. The van der Waals surface area contributed by atoms with Gasteiger partial charge in [0.2, 0.25) is 0 Å². The lowest BCUT2D eigenvalue weighted by atomic mass is 9.98. The molecule has 0 unspecified atom stereocenters. The maximum absolute atomic E-state index is 11.5. The summed E-state index contributed by atoms with van der Waals surface area (Å²) < 4.78 is 1.80. The van der Waals surface area contributed by atoms with E-state index in [9.17, 15) is 15.0 Å². The zero-order chi connectivity index (χ0) is 19.5. The van der Waals surface area contributed by atoms with E-state index in [2.05, 4.69) is 12.1 Å². The van der Waals surface area contributed by atoms with Gasteiger partial charge in [-0.25, -0.2) is 0 Å². The molecule has 0 saturated heterocycles. The molecule has 1 heterocycles. The molecule has 0 saturated carbocycles. The van der Waals surface area contributed by atoms with Crippen molar-refractivity contribution in [3.05, 3.63) is 101 Å². The Labute approximate surface area is 163 Å². The van der Waals surface area contributed by atoms with Gasteiger partial charge in [0.15, 0.2) is 5.88 Å². The van der Waals surface area contributed by atoms with E-state index in [4.69, 9.17) is 0 Å². The fourth-order valence-corrected chi connectivity index (χ4v) is 3.76. The average Bonchev–Trinajstić information content (AvgIpc) is 2.96. The molecular formula is C24H21NO3. The third kappa shape index (κ3) is 3.49. The summed E-state index contributed by atoms with van der Waals surface area (Å²) in [6, 6.07) is 25.8. The summed E-state index contributed by atoms with van der Waals surface area (Å²) in [4.78, 5) is 11.5. The molecule has 0 amide bonds. The quantitative estimate of drug-likeness (QED) is 0.520. The van der Waals surface area contributed by atoms with Gasteiger partial charge in [-0.15, -0.1) is 0 Å². The van der Waals surface area contributed by atoms with E-state index in [0.717, 1.165) is 27.6 Å². The summed E-state index contributed by atoms with van der Waals surface area (Å²) in [6.07, 6.45) is 0.468. The number of aromatic nitrogens is 1. The van der Waals surface area contributed by atoms with Crippen molar-refractivity contribution >= 4 is 16.9 Å². The van der Waals surface area contributed by atoms with E-state index in [0.29, 0.717) is 18.5 Å². The third-order valence-corrected chi connectivity index (χ3v) is 5.00. The summed E-state index contributed by atoms with van der Waals surface area (Å²) >= 11 is 0. The maximum Gasteiger partial charge on any atom is 0.308 e. The number of carbonyl (C=O) groups is 1. The van der Waals surface area contributed by atoms with E-state index in [1.807, 2.05) is 66.7 Å². The molecule has 0 spiro atoms. The molecule has 4 nitrogen and oxygen atoms in total. The van der Waals surface area contributed by atoms with Crippen LogP contribution >= 0.6 is 0 Å². The minimum absolute atomic E-state index is 0.0294. The van der Waals surface area contributed by atoms with Crippen LogP contribution in [0.25, 0.3) is 10.9 Å². The summed E-state index contributed by atoms with van der Waals surface area (Å²) in [7, 11) is 0. The molecule has 0 radical (unpaired) electrons. The van der Waals surface area contributed by atoms with E-state index in [1.54, 1.807) is 4.57 Å². The number of aliphatic carboxylic acids is 1. The number of rotatable bonds is 6. The number of nitrogens with zero attached hydrogens (tertiary/aromatic N) is 1. The van der Waals surface area contributed by atoms with Crippen LogP contribution in [0, 0.1) is 0 Å². The van der Waals surface area contributed by atoms with Crippen LogP contribution in [0.4, 0.5) is 0 Å². The predicted octanol–water partition coefficient (Wildman–Crippen LogP) is 4.61. The SMILES string of the molecule is O=C(O)Cc1c(O)n(Cc2ccccc2)c2cccc(Cc3ccccc3)c12. The van der Waals surface area contributed by atoms with Crippen molar-refractivity contribution in [1.29, 1.82) is 0 Å². The van der Waals surface area contributed by atoms with Crippen LogP contribution in [0.5, 0.6) is 5.88 Å². The maximum atomic E-state index is 11.5. The molecule has 0 fully saturated rings. The minimum atomic E-state index is -0.955. The fraction of sp³-hybridized carbons (Fsp3) is 0.125. The number of carboxylic acid groups (broad SMARTS) is 1. The fourth-order valence-electron chi connectivity index (χ4n) is 3.76. The molecule has 0 atom stereocenters. The number of hydrogen-bond donors (Lipinski definition) is 2. The second-order valence-electron chi connectivity index (χ2n) is 6.92. The largest absolute Gasteiger partial charge is 0.494 e. The lowest BCUT2D eigenvalue weighted by molar-refractivity contribution is -0.136. The van der Waals surface area contributed by atoms with Gasteiger partial charge < -0.3 is 14.8 Å². The van der Waals surface area contributed by atoms with Gasteiger partial charge in [0, 0.05) is 10.9 Å². The van der Waals surface area contributed by atoms with Crippen LogP contribution in [0.15, 0.2) is 78.9 Å². The van der Waals surface area contributed by atoms with Crippen molar-refractivity contribution < 1.29 is 15.0 Å². The van der Waals surface area contributed by atoms with Gasteiger partial charge in [0.05, 0.1) is 18.5 Å². The van der Waals surface area contributed by atoms with Gasteiger partial charge in [-0.05, 0) is 29.2 Å². The molecule has 1 aromatic heterocycles. The van der Waals surface area contributed by atoms with Crippen LogP contribution in [0.3, 0.4) is 0 Å². The van der Waals surface area contributed by atoms with Crippen LogP contribution in [0.1, 0.15) is 22.3 Å². The van der Waals surface area contributed by atoms with E-state index < -0.39 is 5.97 Å². The summed E-state index contributed by atoms with van der Waals surface area (Å²) in [5, 5.41) is 21.2. The Hall–Kier alpha value is -3.53. The Bertz CT molecular complexity index is 1120. The summed E-state index contributed by atoms with van der Waals surface area (Å²) in [5.41, 5.74) is 4.54. The molecule has 4 heteroatoms. The van der Waals surface area contributed by atoms with E-state index in [1.165, 1.54) is 0 Å². The lowest BCUT2D eigenvalue weighted by Crippen LogP contribution is -2.02. The average molecular weight is 371 g/mol. The highest BCUT2D eigenvalue weighted by molar-refractivity contribution is 5.93. The minimum Gasteiger partial charge on any atom is -0.494 e. The molecule has 0 aliphatic heterocycles. The highest BCUT2D eigenvalue weighted by Gasteiger charge is 2.21. The van der Waals surface area contributed by atoms with E-state index >= 15 is 0 Å². The zero-order valence-electron chi connectivity index (χ0n) is 15.4. The summed E-state index contributed by atoms with van der Waals surface area (Å²) in [6.45, 7) is 0.484. The molecule has 140 valence electrons. The van der Waals surface area contributed by atoms with Crippen LogP contribution in [-0.2, 0) is 24.2 Å². The van der Waals surface area contributed by atoms with Crippen molar-refractivity contribution in [2.75, 3.05) is 0 Å². The first kappa shape index (κ1) is 17.9. The summed E-state index contributed by atoms with van der Waals surface area (Å²) in [5.74, 6) is -0.926. The number of benzene rings is 3. The standard InChI is InChI=1S/C24H21NO3/c26-22(27)15-20-23-19(14-17-8-3-1-4-9-17)12-7-13-21(23)25(24(20)28)16-18-10-5-2-6-11-18/h1-13,28H,14-16H2,(H,26,27). The van der Waals surface area contributed by atoms with Crippen molar-refractivity contribution in [3.8, 4) is 5.88 Å². The molecule has 4 aromatic rings. The van der Waals surface area contributed by atoms with E-state index in [-0.39, 0.29) is 12.3 Å². The van der Waals surface area contributed by atoms with Gasteiger partial charge in [-0.2, -0.15) is 0 Å². The van der Waals surface area contributed by atoms with Crippen molar-refractivity contribution in [1.82, 2.24) is 4.57 Å². The monoisotopic (exact) mass is 371 g/mol. The smallest absolute Gasteiger partial charge is 0.308 e. The lowest BCUT2D eigenvalue weighted by Gasteiger charge is -2.08. The Morgan fingerprint density at radius 3 is 2.11 bits per heavy atom. The van der Waals surface area contributed by atoms with Gasteiger partial charge in [0.1, 0.15) is 0 Å². The molecular weight excluding hydrogens is 350 g/mol. The van der Waals surface area contributed by atoms with Gasteiger partial charge >= 0.3 is 5.97 Å². The highest BCUT2D eigenvalue weighted by Crippen LogP contribution is 2.35. The molecule has 0 aliphatic rings. The number of fused-ring (bicyclic) bond motifs is 1. The highest BCUT2D eigenvalue weighted by atomic mass is 16.4. The second kappa shape index (κ2) is 7.61. The first-order chi connectivity index (χ1) is 13.6. The molecule has 28 heavy (non-hydrogen) atoms. The van der Waals surface area contributed by atoms with Gasteiger partial charge in [-0.3, -0.25) is 4.79 Å². The first-order valence-corrected chi connectivity index (χ1v) is 9.25. The second-order valence-corrected chi connectivity index (χ2v) is 6.92. The first-order valence-electron chi connectivity index (χ1n) is 9.25. The number of hydrogen-bond acceptors (Lipinski definition) is 2. The predicted molar refractivity (Wildman–Crippen MR) is 110 cm³/mol. The topological polar surface area (TPSA) is 62.5 Å². The number of carboxylic acids is 1. The van der Waals surface area contributed by atoms with Crippen molar-refractivity contribution in [3.63, 3.8) is 0 Å². The Morgan fingerprint density at radius 2 is 1.46 bits per heavy atom. The molecule has 0 aliphatic carbocycles. The van der Waals surface area contributed by atoms with Gasteiger partial charge in [0.25, 0.3) is 0 Å². The van der Waals surface area contributed by atoms with Crippen molar-refractivity contribution in [2.45, 2.75) is 19.4 Å². The van der Waals surface area contributed by atoms with Crippen LogP contribution < -0.4 is 0 Å². The zero-order valence-corrected chi connectivity index (χ0v) is 15.4. The van der Waals surface area contributed by atoms with Crippen molar-refractivity contribution in [2.24, 2.45) is 0 Å². The Morgan fingerprint density at radius 1 is 0.821 bits per heavy atom. The normalized spacial score (nSPS) is 11.0. The van der Waals surface area contributed by atoms with Gasteiger partial charge in [-0.1, -0.05) is 72.8 Å². The molecule has 2 N–H and O–H groups in total. The van der Waals surface area contributed by atoms with Crippen LogP contribution in [0.2, 0.25) is 0 Å². The molecule has 4 rings (SSSR count).